The summed E-state index contributed by atoms with van der Waals surface area (Å²) in [6.07, 6.45) is 4.55. The first kappa shape index (κ1) is 21.6. The Bertz CT molecular complexity index is 950. The number of carbonyl (C=O) groups excluding carboxylic acids is 1. The van der Waals surface area contributed by atoms with Crippen molar-refractivity contribution in [1.29, 1.82) is 0 Å². The van der Waals surface area contributed by atoms with Gasteiger partial charge in [0.25, 0.3) is 0 Å². The van der Waals surface area contributed by atoms with E-state index in [-0.39, 0.29) is 5.91 Å². The molecule has 0 spiro atoms. The summed E-state index contributed by atoms with van der Waals surface area (Å²) in [5.41, 5.74) is 1.74. The summed E-state index contributed by atoms with van der Waals surface area (Å²) in [4.78, 5) is 13.7. The van der Waals surface area contributed by atoms with Gasteiger partial charge in [-0.05, 0) is 49.1 Å². The molecule has 1 saturated heterocycles. The molecule has 0 aliphatic carbocycles. The highest BCUT2D eigenvalue weighted by atomic mass is 32.2. The minimum Gasteiger partial charge on any atom is -0.325 e. The molecule has 0 saturated carbocycles. The summed E-state index contributed by atoms with van der Waals surface area (Å²) in [7, 11) is -3.40. The molecule has 0 bridgehead atoms. The molecule has 2 aromatic rings. The fraction of sp³-hybridized carbons (Fsp3) is 0.318. The van der Waals surface area contributed by atoms with Crippen molar-refractivity contribution in [3.8, 4) is 0 Å². The first-order chi connectivity index (χ1) is 14.0. The number of carbonyl (C=O) groups is 1. The van der Waals surface area contributed by atoms with E-state index in [9.17, 15) is 13.2 Å². The van der Waals surface area contributed by atoms with E-state index in [1.165, 1.54) is 4.31 Å². The van der Waals surface area contributed by atoms with Gasteiger partial charge in [0.05, 0.1) is 10.6 Å². The lowest BCUT2D eigenvalue weighted by Gasteiger charge is -2.15. The molecule has 2 aromatic carbocycles. The van der Waals surface area contributed by atoms with Gasteiger partial charge in [0.1, 0.15) is 0 Å². The van der Waals surface area contributed by atoms with E-state index in [1.807, 2.05) is 30.3 Å². The first-order valence-corrected chi connectivity index (χ1v) is 12.1. The number of nitrogens with zero attached hydrogens (tertiary/aromatic N) is 1. The lowest BCUT2D eigenvalue weighted by Crippen LogP contribution is -2.27. The standard InChI is InChI=1S/C22H26N2O3S2/c1-2-17-28-21-8-4-3-7-20(21)23-22(25)14-11-18-9-12-19(13-10-18)29(26,27)24-15-5-6-16-24/h2-4,7-10,12-13H,1,5-6,11,14-17H2,(H,23,25). The summed E-state index contributed by atoms with van der Waals surface area (Å²) >= 11 is 1.62. The first-order valence-electron chi connectivity index (χ1n) is 9.72. The van der Waals surface area contributed by atoms with Crippen LogP contribution in [0.1, 0.15) is 24.8 Å². The number of benzene rings is 2. The largest absolute Gasteiger partial charge is 0.325 e. The summed E-state index contributed by atoms with van der Waals surface area (Å²) in [5, 5.41) is 2.97. The smallest absolute Gasteiger partial charge is 0.243 e. The van der Waals surface area contributed by atoms with E-state index < -0.39 is 10.0 Å². The fourth-order valence-corrected chi connectivity index (χ4v) is 5.48. The topological polar surface area (TPSA) is 66.5 Å². The molecule has 1 aliphatic heterocycles. The molecule has 0 radical (unpaired) electrons. The third kappa shape index (κ3) is 5.72. The number of amides is 1. The zero-order valence-corrected chi connectivity index (χ0v) is 18.0. The van der Waals surface area contributed by atoms with Crippen LogP contribution in [0.3, 0.4) is 0 Å². The van der Waals surface area contributed by atoms with Gasteiger partial charge in [-0.3, -0.25) is 4.79 Å². The molecule has 3 rings (SSSR count). The van der Waals surface area contributed by atoms with Gasteiger partial charge in [-0.15, -0.1) is 18.3 Å². The zero-order chi connectivity index (χ0) is 20.7. The van der Waals surface area contributed by atoms with Gasteiger partial charge in [0.15, 0.2) is 0 Å². The maximum Gasteiger partial charge on any atom is 0.243 e. The minimum atomic E-state index is -3.40. The Labute approximate surface area is 177 Å². The molecular formula is C22H26N2O3S2. The second-order valence-corrected chi connectivity index (χ2v) is 9.90. The molecule has 154 valence electrons. The molecule has 0 unspecified atom stereocenters. The summed E-state index contributed by atoms with van der Waals surface area (Å²) in [5.74, 6) is 0.713. The zero-order valence-electron chi connectivity index (χ0n) is 16.3. The Morgan fingerprint density at radius 3 is 2.48 bits per heavy atom. The predicted molar refractivity (Wildman–Crippen MR) is 119 cm³/mol. The van der Waals surface area contributed by atoms with E-state index >= 15 is 0 Å². The molecule has 1 aliphatic rings. The lowest BCUT2D eigenvalue weighted by molar-refractivity contribution is -0.116. The molecular weight excluding hydrogens is 404 g/mol. The molecule has 1 heterocycles. The van der Waals surface area contributed by atoms with Crippen LogP contribution >= 0.6 is 11.8 Å². The summed E-state index contributed by atoms with van der Waals surface area (Å²) < 4.78 is 26.7. The summed E-state index contributed by atoms with van der Waals surface area (Å²) in [6.45, 7) is 4.91. The minimum absolute atomic E-state index is 0.0644. The quantitative estimate of drug-likeness (QED) is 0.475. The highest BCUT2D eigenvalue weighted by molar-refractivity contribution is 7.99. The third-order valence-electron chi connectivity index (χ3n) is 4.78. The average Bonchev–Trinajstić information content (AvgIpc) is 3.28. The predicted octanol–water partition coefficient (Wildman–Crippen LogP) is 4.32. The molecule has 0 aromatic heterocycles. The van der Waals surface area contributed by atoms with Gasteiger partial charge >= 0.3 is 0 Å². The molecule has 0 atom stereocenters. The Balaban J connectivity index is 1.56. The van der Waals surface area contributed by atoms with Crippen molar-refractivity contribution in [3.63, 3.8) is 0 Å². The SMILES string of the molecule is C=CCSc1ccccc1NC(=O)CCc1ccc(S(=O)(=O)N2CCCC2)cc1. The lowest BCUT2D eigenvalue weighted by atomic mass is 10.1. The van der Waals surface area contributed by atoms with Crippen molar-refractivity contribution in [1.82, 2.24) is 4.31 Å². The van der Waals surface area contributed by atoms with Gasteiger partial charge in [0.2, 0.25) is 15.9 Å². The number of rotatable bonds is 9. The third-order valence-corrected chi connectivity index (χ3v) is 7.77. The van der Waals surface area contributed by atoms with Crippen molar-refractivity contribution in [2.45, 2.75) is 35.5 Å². The Hall–Kier alpha value is -2.09. The second-order valence-electron chi connectivity index (χ2n) is 6.90. The fourth-order valence-electron chi connectivity index (χ4n) is 3.22. The number of hydrogen-bond donors (Lipinski definition) is 1. The van der Waals surface area contributed by atoms with E-state index in [0.29, 0.717) is 30.8 Å². The second kappa shape index (κ2) is 10.1. The molecule has 29 heavy (non-hydrogen) atoms. The van der Waals surface area contributed by atoms with Gasteiger partial charge in [0, 0.05) is 30.2 Å². The van der Waals surface area contributed by atoms with Crippen LogP contribution in [0.2, 0.25) is 0 Å². The highest BCUT2D eigenvalue weighted by Gasteiger charge is 2.26. The van der Waals surface area contributed by atoms with Crippen LogP contribution in [-0.2, 0) is 21.2 Å². The van der Waals surface area contributed by atoms with E-state index in [0.717, 1.165) is 34.7 Å². The Morgan fingerprint density at radius 1 is 1.10 bits per heavy atom. The van der Waals surface area contributed by atoms with Gasteiger partial charge in [-0.1, -0.05) is 30.3 Å². The van der Waals surface area contributed by atoms with Crippen LogP contribution < -0.4 is 5.32 Å². The van der Waals surface area contributed by atoms with E-state index in [1.54, 1.807) is 36.0 Å². The van der Waals surface area contributed by atoms with E-state index in [4.69, 9.17) is 0 Å². The maximum atomic E-state index is 12.6. The number of nitrogens with one attached hydrogen (secondary N) is 1. The Kier molecular flexibility index (Phi) is 7.52. The number of para-hydroxylation sites is 1. The number of thioether (sulfide) groups is 1. The maximum absolute atomic E-state index is 12.6. The average molecular weight is 431 g/mol. The van der Waals surface area contributed by atoms with Crippen LogP contribution in [0.4, 0.5) is 5.69 Å². The van der Waals surface area contributed by atoms with Crippen LogP contribution in [0.5, 0.6) is 0 Å². The monoisotopic (exact) mass is 430 g/mol. The molecule has 5 nitrogen and oxygen atoms in total. The number of sulfonamides is 1. The highest BCUT2D eigenvalue weighted by Crippen LogP contribution is 2.27. The van der Waals surface area contributed by atoms with Crippen molar-refractivity contribution in [3.05, 3.63) is 66.7 Å². The van der Waals surface area contributed by atoms with E-state index in [2.05, 4.69) is 11.9 Å². The van der Waals surface area contributed by atoms with Crippen molar-refractivity contribution in [2.24, 2.45) is 0 Å². The molecule has 7 heteroatoms. The van der Waals surface area contributed by atoms with Crippen molar-refractivity contribution >= 4 is 33.4 Å². The Morgan fingerprint density at radius 2 is 1.79 bits per heavy atom. The number of hydrogen-bond acceptors (Lipinski definition) is 4. The van der Waals surface area contributed by atoms with Crippen LogP contribution in [0.25, 0.3) is 0 Å². The van der Waals surface area contributed by atoms with Crippen molar-refractivity contribution in [2.75, 3.05) is 24.2 Å². The van der Waals surface area contributed by atoms with Crippen LogP contribution in [0.15, 0.2) is 71.0 Å². The van der Waals surface area contributed by atoms with Crippen LogP contribution in [-0.4, -0.2) is 37.5 Å². The van der Waals surface area contributed by atoms with Gasteiger partial charge in [-0.25, -0.2) is 8.42 Å². The molecule has 1 fully saturated rings. The molecule has 1 amide bonds. The van der Waals surface area contributed by atoms with Gasteiger partial charge in [-0.2, -0.15) is 4.31 Å². The number of anilines is 1. The van der Waals surface area contributed by atoms with Gasteiger partial charge < -0.3 is 5.32 Å². The summed E-state index contributed by atoms with van der Waals surface area (Å²) in [6, 6.07) is 14.6. The van der Waals surface area contributed by atoms with Crippen molar-refractivity contribution < 1.29 is 13.2 Å². The number of aryl methyl sites for hydroxylation is 1. The van der Waals surface area contributed by atoms with Crippen LogP contribution in [0, 0.1) is 0 Å². The molecule has 1 N–H and O–H groups in total. The normalized spacial score (nSPS) is 14.6.